The summed E-state index contributed by atoms with van der Waals surface area (Å²) in [7, 11) is 0. The molecule has 0 aliphatic carbocycles. The number of hydrogen-bond acceptors (Lipinski definition) is 3. The Labute approximate surface area is 124 Å². The number of amides is 2. The minimum atomic E-state index is -0.808. The van der Waals surface area contributed by atoms with Crippen molar-refractivity contribution in [3.8, 4) is 11.8 Å². The number of carbonyl (C=O) groups excluding carboxylic acids is 2. The van der Waals surface area contributed by atoms with Gasteiger partial charge in [0.2, 0.25) is 5.91 Å². The van der Waals surface area contributed by atoms with Gasteiger partial charge in [-0.2, -0.15) is 0 Å². The van der Waals surface area contributed by atoms with Crippen LogP contribution in [-0.2, 0) is 4.79 Å². The lowest BCUT2D eigenvalue weighted by Crippen LogP contribution is -2.42. The van der Waals surface area contributed by atoms with Crippen molar-refractivity contribution >= 4 is 11.8 Å². The van der Waals surface area contributed by atoms with Gasteiger partial charge >= 0.3 is 0 Å². The van der Waals surface area contributed by atoms with E-state index in [1.165, 1.54) is 0 Å². The number of benzene rings is 1. The van der Waals surface area contributed by atoms with Crippen molar-refractivity contribution in [3.63, 3.8) is 0 Å². The van der Waals surface area contributed by atoms with Gasteiger partial charge in [0.25, 0.3) is 5.91 Å². The molecule has 2 amide bonds. The van der Waals surface area contributed by atoms with Crippen molar-refractivity contribution in [1.82, 2.24) is 5.32 Å². The molecule has 4 N–H and O–H groups in total. The van der Waals surface area contributed by atoms with Crippen molar-refractivity contribution in [2.45, 2.75) is 20.8 Å². The van der Waals surface area contributed by atoms with Gasteiger partial charge in [0.15, 0.2) is 0 Å². The van der Waals surface area contributed by atoms with E-state index in [1.54, 1.807) is 32.0 Å². The third-order valence-electron chi connectivity index (χ3n) is 3.15. The Balaban J connectivity index is 2.89. The van der Waals surface area contributed by atoms with Crippen molar-refractivity contribution in [3.05, 3.63) is 34.9 Å². The SMILES string of the molecule is Cc1ccc(C#CCO)cc1C(=O)NCC(C)(C)C(N)=O. The Morgan fingerprint density at radius 1 is 1.38 bits per heavy atom. The van der Waals surface area contributed by atoms with Crippen LogP contribution >= 0.6 is 0 Å². The maximum Gasteiger partial charge on any atom is 0.251 e. The van der Waals surface area contributed by atoms with Crippen LogP contribution in [0.4, 0.5) is 0 Å². The van der Waals surface area contributed by atoms with Crippen LogP contribution in [0.3, 0.4) is 0 Å². The van der Waals surface area contributed by atoms with Crippen LogP contribution in [-0.4, -0.2) is 30.1 Å². The predicted octanol–water partition coefficient (Wildman–Crippen LogP) is 0.580. The summed E-state index contributed by atoms with van der Waals surface area (Å²) < 4.78 is 0. The highest BCUT2D eigenvalue weighted by atomic mass is 16.2. The molecule has 0 unspecified atom stereocenters. The number of nitrogens with one attached hydrogen (secondary N) is 1. The smallest absolute Gasteiger partial charge is 0.251 e. The fraction of sp³-hybridized carbons (Fsp3) is 0.375. The highest BCUT2D eigenvalue weighted by Crippen LogP contribution is 2.14. The molecule has 1 aromatic rings. The van der Waals surface area contributed by atoms with Gasteiger partial charge in [-0.15, -0.1) is 0 Å². The maximum absolute atomic E-state index is 12.2. The first-order valence-corrected chi connectivity index (χ1v) is 6.56. The lowest BCUT2D eigenvalue weighted by atomic mass is 9.92. The Kier molecular flexibility index (Phi) is 5.51. The molecule has 1 aromatic carbocycles. The van der Waals surface area contributed by atoms with Crippen LogP contribution in [0, 0.1) is 24.2 Å². The monoisotopic (exact) mass is 288 g/mol. The Morgan fingerprint density at radius 3 is 2.62 bits per heavy atom. The highest BCUT2D eigenvalue weighted by Gasteiger charge is 2.25. The number of nitrogens with two attached hydrogens (primary N) is 1. The summed E-state index contributed by atoms with van der Waals surface area (Å²) in [5, 5.41) is 11.4. The van der Waals surface area contributed by atoms with Gasteiger partial charge in [-0.25, -0.2) is 0 Å². The van der Waals surface area contributed by atoms with Crippen LogP contribution in [0.2, 0.25) is 0 Å². The minimum Gasteiger partial charge on any atom is -0.384 e. The lowest BCUT2D eigenvalue weighted by Gasteiger charge is -2.21. The molecule has 5 heteroatoms. The fourth-order valence-electron chi connectivity index (χ4n) is 1.57. The number of aliphatic hydroxyl groups is 1. The molecule has 0 fully saturated rings. The van der Waals surface area contributed by atoms with Crippen molar-refractivity contribution in [2.24, 2.45) is 11.1 Å². The van der Waals surface area contributed by atoms with E-state index < -0.39 is 11.3 Å². The minimum absolute atomic E-state index is 0.160. The van der Waals surface area contributed by atoms with E-state index in [-0.39, 0.29) is 19.1 Å². The van der Waals surface area contributed by atoms with E-state index >= 15 is 0 Å². The van der Waals surface area contributed by atoms with Crippen molar-refractivity contribution in [1.29, 1.82) is 0 Å². The number of rotatable bonds is 4. The molecule has 1 rings (SSSR count). The van der Waals surface area contributed by atoms with Crippen molar-refractivity contribution < 1.29 is 14.7 Å². The summed E-state index contributed by atoms with van der Waals surface area (Å²) in [6.45, 7) is 5.09. The largest absolute Gasteiger partial charge is 0.384 e. The van der Waals surface area contributed by atoms with Gasteiger partial charge in [0, 0.05) is 17.7 Å². The maximum atomic E-state index is 12.2. The normalized spacial score (nSPS) is 10.5. The van der Waals surface area contributed by atoms with Gasteiger partial charge in [-0.3, -0.25) is 9.59 Å². The topological polar surface area (TPSA) is 92.4 Å². The van der Waals surface area contributed by atoms with Crippen LogP contribution in [0.1, 0.15) is 35.3 Å². The second-order valence-electron chi connectivity index (χ2n) is 5.42. The molecule has 112 valence electrons. The van der Waals surface area contributed by atoms with E-state index in [9.17, 15) is 9.59 Å². The van der Waals surface area contributed by atoms with Gasteiger partial charge in [0.05, 0.1) is 5.41 Å². The second-order valence-corrected chi connectivity index (χ2v) is 5.42. The van der Waals surface area contributed by atoms with Gasteiger partial charge < -0.3 is 16.2 Å². The zero-order chi connectivity index (χ0) is 16.0. The van der Waals surface area contributed by atoms with Gasteiger partial charge in [-0.05, 0) is 38.5 Å². The summed E-state index contributed by atoms with van der Waals surface area (Å²) in [6.07, 6.45) is 0. The van der Waals surface area contributed by atoms with E-state index in [0.717, 1.165) is 5.56 Å². The number of aliphatic hydroxyl groups excluding tert-OH is 1. The standard InChI is InChI=1S/C16H20N2O3/c1-11-6-7-12(5-4-8-19)9-13(11)14(20)18-10-16(2,3)15(17)21/h6-7,9,19H,8,10H2,1-3H3,(H2,17,21)(H,18,20). The molecule has 0 saturated carbocycles. The van der Waals surface area contributed by atoms with Gasteiger partial charge in [0.1, 0.15) is 6.61 Å². The molecule has 0 aliphatic rings. The molecule has 0 bridgehead atoms. The number of primary amides is 1. The van der Waals surface area contributed by atoms with E-state index in [0.29, 0.717) is 11.1 Å². The van der Waals surface area contributed by atoms with Crippen LogP contribution in [0.5, 0.6) is 0 Å². The first kappa shape index (κ1) is 16.7. The molecule has 0 heterocycles. The van der Waals surface area contributed by atoms with E-state index in [2.05, 4.69) is 17.2 Å². The number of aryl methyl sites for hydroxylation is 1. The Hall–Kier alpha value is -2.32. The number of hydrogen-bond donors (Lipinski definition) is 3. The summed E-state index contributed by atoms with van der Waals surface area (Å²) in [5.74, 6) is 4.53. The Bertz CT molecular complexity index is 610. The lowest BCUT2D eigenvalue weighted by molar-refractivity contribution is -0.125. The molecule has 0 aromatic heterocycles. The van der Waals surface area contributed by atoms with Crippen LogP contribution in [0.15, 0.2) is 18.2 Å². The number of carbonyl (C=O) groups is 2. The molecule has 0 radical (unpaired) electrons. The molecule has 0 spiro atoms. The third-order valence-corrected chi connectivity index (χ3v) is 3.15. The molecular formula is C16H20N2O3. The molecule has 5 nitrogen and oxygen atoms in total. The molecular weight excluding hydrogens is 268 g/mol. The third kappa shape index (κ3) is 4.62. The van der Waals surface area contributed by atoms with Crippen LogP contribution in [0.25, 0.3) is 0 Å². The second kappa shape index (κ2) is 6.91. The van der Waals surface area contributed by atoms with Crippen LogP contribution < -0.4 is 11.1 Å². The highest BCUT2D eigenvalue weighted by molar-refractivity contribution is 5.96. The van der Waals surface area contributed by atoms with E-state index in [1.807, 2.05) is 6.92 Å². The molecule has 0 saturated heterocycles. The summed E-state index contributed by atoms with van der Waals surface area (Å²) >= 11 is 0. The quantitative estimate of drug-likeness (QED) is 0.708. The average Bonchev–Trinajstić information content (AvgIpc) is 2.43. The van der Waals surface area contributed by atoms with Crippen molar-refractivity contribution in [2.75, 3.05) is 13.2 Å². The van der Waals surface area contributed by atoms with E-state index in [4.69, 9.17) is 10.8 Å². The fourth-order valence-corrected chi connectivity index (χ4v) is 1.57. The first-order valence-electron chi connectivity index (χ1n) is 6.56. The zero-order valence-electron chi connectivity index (χ0n) is 12.5. The average molecular weight is 288 g/mol. The summed E-state index contributed by atoms with van der Waals surface area (Å²) in [5.41, 5.74) is 6.40. The van der Waals surface area contributed by atoms with Gasteiger partial charge in [-0.1, -0.05) is 17.9 Å². The Morgan fingerprint density at radius 2 is 2.05 bits per heavy atom. The molecule has 21 heavy (non-hydrogen) atoms. The summed E-state index contributed by atoms with van der Waals surface area (Å²) in [4.78, 5) is 23.4. The zero-order valence-corrected chi connectivity index (χ0v) is 12.5. The first-order chi connectivity index (χ1) is 9.77. The predicted molar refractivity (Wildman–Crippen MR) is 80.5 cm³/mol. The summed E-state index contributed by atoms with van der Waals surface area (Å²) in [6, 6.07) is 5.22. The molecule has 0 atom stereocenters. The molecule has 0 aliphatic heterocycles.